The fourth-order valence-corrected chi connectivity index (χ4v) is 2.15. The first kappa shape index (κ1) is 15.0. The van der Waals surface area contributed by atoms with E-state index in [4.69, 9.17) is 5.26 Å². The van der Waals surface area contributed by atoms with Gasteiger partial charge in [-0.15, -0.1) is 4.72 Å². The third-order valence-electron chi connectivity index (χ3n) is 2.43. The number of nitrogens with one attached hydrogen (secondary N) is 1. The monoisotopic (exact) mass is 268 g/mol. The second-order valence-corrected chi connectivity index (χ2v) is 7.07. The van der Waals surface area contributed by atoms with Gasteiger partial charge in [-0.05, 0) is 45.9 Å². The van der Waals surface area contributed by atoms with E-state index in [0.29, 0.717) is 11.1 Å². The summed E-state index contributed by atoms with van der Waals surface area (Å²) in [5, 5.41) is 8.79. The summed E-state index contributed by atoms with van der Waals surface area (Å²) in [6.07, 6.45) is 0. The predicted octanol–water partition coefficient (Wildman–Crippen LogP) is 2.81. The summed E-state index contributed by atoms with van der Waals surface area (Å²) in [6, 6.07) is 5.70. The SMILES string of the molecule is CC(N[S@+]([O-])C(C)(C)C)c1cc(C#N)ccc1F. The molecule has 0 heterocycles. The van der Waals surface area contributed by atoms with Crippen LogP contribution < -0.4 is 4.72 Å². The molecular formula is C13H17FN2OS. The second kappa shape index (κ2) is 5.70. The maximum Gasteiger partial charge on any atom is 0.136 e. The predicted molar refractivity (Wildman–Crippen MR) is 70.6 cm³/mol. The Bertz CT molecular complexity index is 465. The number of hydrogen-bond donors (Lipinski definition) is 1. The van der Waals surface area contributed by atoms with Gasteiger partial charge < -0.3 is 4.55 Å². The van der Waals surface area contributed by atoms with Gasteiger partial charge in [-0.3, -0.25) is 0 Å². The second-order valence-electron chi connectivity index (χ2n) is 5.07. The minimum Gasteiger partial charge on any atom is -0.598 e. The van der Waals surface area contributed by atoms with E-state index in [1.54, 1.807) is 6.92 Å². The summed E-state index contributed by atoms with van der Waals surface area (Å²) in [4.78, 5) is 0. The van der Waals surface area contributed by atoms with Crippen molar-refractivity contribution < 1.29 is 8.94 Å². The Morgan fingerprint density at radius 1 is 1.44 bits per heavy atom. The maximum absolute atomic E-state index is 13.7. The van der Waals surface area contributed by atoms with Crippen LogP contribution in [0, 0.1) is 17.1 Å². The van der Waals surface area contributed by atoms with Gasteiger partial charge >= 0.3 is 0 Å². The van der Waals surface area contributed by atoms with Crippen LogP contribution >= 0.6 is 0 Å². The van der Waals surface area contributed by atoms with Crippen molar-refractivity contribution in [1.29, 1.82) is 5.26 Å². The van der Waals surface area contributed by atoms with Crippen LogP contribution in [-0.4, -0.2) is 9.30 Å². The normalized spacial score (nSPS) is 14.9. The first-order valence-corrected chi connectivity index (χ1v) is 6.78. The summed E-state index contributed by atoms with van der Waals surface area (Å²) in [5.41, 5.74) is 0.744. The minimum absolute atomic E-state index is 0.353. The molecule has 0 radical (unpaired) electrons. The molecule has 2 atom stereocenters. The molecule has 0 amide bonds. The summed E-state index contributed by atoms with van der Waals surface area (Å²) < 4.78 is 28.0. The van der Waals surface area contributed by atoms with E-state index in [2.05, 4.69) is 4.72 Å². The van der Waals surface area contributed by atoms with Gasteiger partial charge in [0, 0.05) is 16.9 Å². The lowest BCUT2D eigenvalue weighted by Crippen LogP contribution is -2.40. The van der Waals surface area contributed by atoms with Crippen molar-refractivity contribution in [3.63, 3.8) is 0 Å². The highest BCUT2D eigenvalue weighted by Crippen LogP contribution is 2.22. The first-order valence-electron chi connectivity index (χ1n) is 5.63. The molecule has 1 unspecified atom stereocenters. The van der Waals surface area contributed by atoms with Crippen molar-refractivity contribution in [3.05, 3.63) is 35.1 Å². The molecule has 98 valence electrons. The lowest BCUT2D eigenvalue weighted by atomic mass is 10.1. The zero-order valence-electron chi connectivity index (χ0n) is 11.0. The average Bonchev–Trinajstić information content (AvgIpc) is 2.28. The molecule has 0 aliphatic rings. The van der Waals surface area contributed by atoms with Crippen LogP contribution in [0.2, 0.25) is 0 Å². The highest BCUT2D eigenvalue weighted by atomic mass is 32.2. The highest BCUT2D eigenvalue weighted by molar-refractivity contribution is 7.90. The van der Waals surface area contributed by atoms with E-state index in [-0.39, 0.29) is 0 Å². The molecule has 0 aromatic heterocycles. The lowest BCUT2D eigenvalue weighted by Gasteiger charge is -2.26. The first-order chi connectivity index (χ1) is 8.25. The molecule has 1 N–H and O–H groups in total. The average molecular weight is 268 g/mol. The van der Waals surface area contributed by atoms with Crippen LogP contribution in [0.1, 0.15) is 44.9 Å². The molecule has 0 saturated carbocycles. The molecule has 1 rings (SSSR count). The van der Waals surface area contributed by atoms with Gasteiger partial charge in [0.2, 0.25) is 0 Å². The van der Waals surface area contributed by atoms with Gasteiger partial charge in [0.15, 0.2) is 0 Å². The van der Waals surface area contributed by atoms with Crippen molar-refractivity contribution >= 4 is 11.4 Å². The molecule has 0 bridgehead atoms. The molecule has 0 saturated heterocycles. The van der Waals surface area contributed by atoms with E-state index in [0.717, 1.165) is 0 Å². The van der Waals surface area contributed by atoms with Crippen LogP contribution in [0.15, 0.2) is 18.2 Å². The Kier molecular flexibility index (Phi) is 4.74. The van der Waals surface area contributed by atoms with Crippen LogP contribution in [-0.2, 0) is 11.4 Å². The molecule has 5 heteroatoms. The van der Waals surface area contributed by atoms with Gasteiger partial charge in [-0.2, -0.15) is 5.26 Å². The molecule has 1 aromatic rings. The highest BCUT2D eigenvalue weighted by Gasteiger charge is 2.29. The van der Waals surface area contributed by atoms with E-state index >= 15 is 0 Å². The van der Waals surface area contributed by atoms with Gasteiger partial charge in [0.05, 0.1) is 17.7 Å². The summed E-state index contributed by atoms with van der Waals surface area (Å²) >= 11 is -1.28. The number of halogens is 1. The third-order valence-corrected chi connectivity index (χ3v) is 4.11. The van der Waals surface area contributed by atoms with E-state index in [1.165, 1.54) is 18.2 Å². The Balaban J connectivity index is 2.91. The smallest absolute Gasteiger partial charge is 0.136 e. The fourth-order valence-electron chi connectivity index (χ4n) is 1.35. The molecule has 0 aliphatic carbocycles. The van der Waals surface area contributed by atoms with Crippen molar-refractivity contribution in [2.45, 2.75) is 38.5 Å². The van der Waals surface area contributed by atoms with Crippen LogP contribution in [0.25, 0.3) is 0 Å². The Morgan fingerprint density at radius 3 is 2.56 bits per heavy atom. The third kappa shape index (κ3) is 3.70. The molecule has 0 aliphatic heterocycles. The van der Waals surface area contributed by atoms with Crippen molar-refractivity contribution in [2.24, 2.45) is 0 Å². The van der Waals surface area contributed by atoms with Crippen molar-refractivity contribution in [2.75, 3.05) is 0 Å². The summed E-state index contributed by atoms with van der Waals surface area (Å²) in [7, 11) is 0. The summed E-state index contributed by atoms with van der Waals surface area (Å²) in [6.45, 7) is 7.24. The van der Waals surface area contributed by atoms with Crippen molar-refractivity contribution in [3.8, 4) is 6.07 Å². The molecule has 1 aromatic carbocycles. The van der Waals surface area contributed by atoms with Crippen molar-refractivity contribution in [1.82, 2.24) is 4.72 Å². The van der Waals surface area contributed by atoms with E-state index in [9.17, 15) is 8.94 Å². The zero-order chi connectivity index (χ0) is 13.9. The number of benzene rings is 1. The molecule has 0 spiro atoms. The Morgan fingerprint density at radius 2 is 2.06 bits per heavy atom. The molecule has 3 nitrogen and oxygen atoms in total. The number of nitriles is 1. The van der Waals surface area contributed by atoms with Gasteiger partial charge in [0.1, 0.15) is 10.6 Å². The number of nitrogens with zero attached hydrogens (tertiary/aromatic N) is 1. The van der Waals surface area contributed by atoms with Gasteiger partial charge in [-0.25, -0.2) is 4.39 Å². The zero-order valence-corrected chi connectivity index (χ0v) is 11.8. The molecule has 18 heavy (non-hydrogen) atoms. The van der Waals surface area contributed by atoms with Crippen LogP contribution in [0.3, 0.4) is 0 Å². The quantitative estimate of drug-likeness (QED) is 0.857. The number of rotatable bonds is 3. The number of hydrogen-bond acceptors (Lipinski definition) is 3. The molecule has 0 fully saturated rings. The fraction of sp³-hybridized carbons (Fsp3) is 0.462. The van der Waals surface area contributed by atoms with Gasteiger partial charge in [-0.1, -0.05) is 0 Å². The van der Waals surface area contributed by atoms with E-state index in [1.807, 2.05) is 26.8 Å². The largest absolute Gasteiger partial charge is 0.598 e. The summed E-state index contributed by atoms with van der Waals surface area (Å²) in [5.74, 6) is -0.403. The van der Waals surface area contributed by atoms with Gasteiger partial charge in [0.25, 0.3) is 0 Å². The Hall–Kier alpha value is -1.09. The molecular weight excluding hydrogens is 251 g/mol. The lowest BCUT2D eigenvalue weighted by molar-refractivity contribution is 0.522. The maximum atomic E-state index is 13.7. The minimum atomic E-state index is -1.28. The topological polar surface area (TPSA) is 58.9 Å². The van der Waals surface area contributed by atoms with Crippen LogP contribution in [0.4, 0.5) is 4.39 Å². The van der Waals surface area contributed by atoms with E-state index < -0.39 is 28.0 Å². The standard InChI is InChI=1S/C13H17FN2OS/c1-9(16-18(17)13(2,3)4)11-7-10(8-15)5-6-12(11)14/h5-7,9,16H,1-4H3/t9?,18-/m1/s1. The Labute approximate surface area is 110 Å². The van der Waals surface area contributed by atoms with Crippen LogP contribution in [0.5, 0.6) is 0 Å².